The zero-order valence-corrected chi connectivity index (χ0v) is 17.5. The molecule has 0 aliphatic heterocycles. The SMILES string of the molecule is CCNC(=NCc1cccc(NC(C)=O)c1)NCC(C)Oc1ccccc1OC. The van der Waals surface area contributed by atoms with Gasteiger partial charge in [0.2, 0.25) is 5.91 Å². The number of para-hydroxylation sites is 2. The Bertz CT molecular complexity index is 823. The highest BCUT2D eigenvalue weighted by Crippen LogP contribution is 2.26. The fourth-order valence-electron chi connectivity index (χ4n) is 2.68. The van der Waals surface area contributed by atoms with Crippen molar-refractivity contribution in [2.24, 2.45) is 4.99 Å². The number of nitrogens with one attached hydrogen (secondary N) is 3. The molecule has 7 heteroatoms. The van der Waals surface area contributed by atoms with E-state index in [1.54, 1.807) is 7.11 Å². The molecule has 2 aromatic carbocycles. The van der Waals surface area contributed by atoms with Gasteiger partial charge < -0.3 is 25.4 Å². The maximum Gasteiger partial charge on any atom is 0.221 e. The standard InChI is InChI=1S/C22H30N4O3/c1-5-23-22(25-15-18-9-8-10-19(13-18)26-17(3)27)24-14-16(2)29-21-12-7-6-11-20(21)28-4/h6-13,16H,5,14-15H2,1-4H3,(H,26,27)(H2,23,24,25). The quantitative estimate of drug-likeness (QED) is 0.446. The van der Waals surface area contributed by atoms with E-state index in [1.165, 1.54) is 6.92 Å². The van der Waals surface area contributed by atoms with E-state index < -0.39 is 0 Å². The first-order chi connectivity index (χ1) is 14.0. The molecule has 1 atom stereocenters. The molecule has 0 aliphatic rings. The van der Waals surface area contributed by atoms with Crippen LogP contribution in [0.2, 0.25) is 0 Å². The predicted molar refractivity (Wildman–Crippen MR) is 117 cm³/mol. The van der Waals surface area contributed by atoms with Crippen molar-refractivity contribution in [3.63, 3.8) is 0 Å². The maximum atomic E-state index is 11.2. The lowest BCUT2D eigenvalue weighted by atomic mass is 10.2. The summed E-state index contributed by atoms with van der Waals surface area (Å²) in [6, 6.07) is 15.2. The minimum atomic E-state index is -0.0929. The Morgan fingerprint density at radius 3 is 2.55 bits per heavy atom. The summed E-state index contributed by atoms with van der Waals surface area (Å²) in [6.07, 6.45) is -0.0850. The Hall–Kier alpha value is -3.22. The topological polar surface area (TPSA) is 84.0 Å². The molecule has 0 heterocycles. The van der Waals surface area contributed by atoms with Gasteiger partial charge in [0.1, 0.15) is 6.10 Å². The Labute approximate surface area is 172 Å². The largest absolute Gasteiger partial charge is 0.493 e. The zero-order valence-electron chi connectivity index (χ0n) is 17.5. The summed E-state index contributed by atoms with van der Waals surface area (Å²) in [6.45, 7) is 7.31. The molecule has 2 rings (SSSR count). The first kappa shape index (κ1) is 22.1. The van der Waals surface area contributed by atoms with Crippen molar-refractivity contribution in [1.82, 2.24) is 10.6 Å². The van der Waals surface area contributed by atoms with Crippen LogP contribution in [0.4, 0.5) is 5.69 Å². The highest BCUT2D eigenvalue weighted by molar-refractivity contribution is 5.88. The summed E-state index contributed by atoms with van der Waals surface area (Å²) in [7, 11) is 1.63. The van der Waals surface area contributed by atoms with Crippen molar-refractivity contribution < 1.29 is 14.3 Å². The third-order valence-electron chi connectivity index (χ3n) is 3.97. The van der Waals surface area contributed by atoms with Crippen LogP contribution in [-0.2, 0) is 11.3 Å². The first-order valence-corrected chi connectivity index (χ1v) is 9.70. The number of amides is 1. The van der Waals surface area contributed by atoms with Gasteiger partial charge in [-0.05, 0) is 43.7 Å². The van der Waals surface area contributed by atoms with Gasteiger partial charge in [-0.3, -0.25) is 4.79 Å². The molecular formula is C22H30N4O3. The highest BCUT2D eigenvalue weighted by atomic mass is 16.5. The molecule has 3 N–H and O–H groups in total. The van der Waals surface area contributed by atoms with E-state index in [4.69, 9.17) is 9.47 Å². The second kappa shape index (κ2) is 11.6. The molecule has 0 aromatic heterocycles. The van der Waals surface area contributed by atoms with Crippen molar-refractivity contribution in [3.8, 4) is 11.5 Å². The lowest BCUT2D eigenvalue weighted by Gasteiger charge is -2.19. The first-order valence-electron chi connectivity index (χ1n) is 9.70. The molecule has 1 amide bonds. The van der Waals surface area contributed by atoms with E-state index in [-0.39, 0.29) is 12.0 Å². The van der Waals surface area contributed by atoms with Crippen molar-refractivity contribution in [3.05, 3.63) is 54.1 Å². The molecule has 0 aliphatic carbocycles. The number of anilines is 1. The number of carbonyl (C=O) groups is 1. The third kappa shape index (κ3) is 7.73. The van der Waals surface area contributed by atoms with Crippen molar-refractivity contribution in [1.29, 1.82) is 0 Å². The molecule has 0 fully saturated rings. The molecule has 7 nitrogen and oxygen atoms in total. The number of hydrogen-bond donors (Lipinski definition) is 3. The van der Waals surface area contributed by atoms with E-state index in [0.29, 0.717) is 30.5 Å². The molecule has 0 spiro atoms. The van der Waals surface area contributed by atoms with Crippen LogP contribution in [0, 0.1) is 0 Å². The second-order valence-electron chi connectivity index (χ2n) is 6.54. The number of benzene rings is 2. The highest BCUT2D eigenvalue weighted by Gasteiger charge is 2.09. The molecule has 1 unspecified atom stereocenters. The van der Waals surface area contributed by atoms with Gasteiger partial charge in [-0.15, -0.1) is 0 Å². The van der Waals surface area contributed by atoms with Crippen LogP contribution in [0.1, 0.15) is 26.3 Å². The summed E-state index contributed by atoms with van der Waals surface area (Å²) >= 11 is 0. The van der Waals surface area contributed by atoms with Gasteiger partial charge in [0.05, 0.1) is 20.2 Å². The van der Waals surface area contributed by atoms with Gasteiger partial charge in [0, 0.05) is 19.2 Å². The smallest absolute Gasteiger partial charge is 0.221 e. The Kier molecular flexibility index (Phi) is 8.82. The summed E-state index contributed by atoms with van der Waals surface area (Å²) in [5.41, 5.74) is 1.77. The van der Waals surface area contributed by atoms with Crippen LogP contribution >= 0.6 is 0 Å². The van der Waals surface area contributed by atoms with Crippen molar-refractivity contribution >= 4 is 17.6 Å². The molecule has 156 valence electrons. The van der Waals surface area contributed by atoms with Crippen LogP contribution in [-0.4, -0.2) is 38.2 Å². The average Bonchev–Trinajstić information content (AvgIpc) is 2.70. The number of carbonyl (C=O) groups excluding carboxylic acids is 1. The fraction of sp³-hybridized carbons (Fsp3) is 0.364. The lowest BCUT2D eigenvalue weighted by Crippen LogP contribution is -2.41. The van der Waals surface area contributed by atoms with Gasteiger partial charge in [-0.25, -0.2) is 4.99 Å². The molecule has 0 saturated carbocycles. The number of rotatable bonds is 9. The van der Waals surface area contributed by atoms with Gasteiger partial charge in [0.25, 0.3) is 0 Å². The Morgan fingerprint density at radius 1 is 1.10 bits per heavy atom. The molecule has 0 radical (unpaired) electrons. The van der Waals surface area contributed by atoms with E-state index in [0.717, 1.165) is 17.8 Å². The van der Waals surface area contributed by atoms with E-state index >= 15 is 0 Å². The van der Waals surface area contributed by atoms with Crippen LogP contribution in [0.3, 0.4) is 0 Å². The lowest BCUT2D eigenvalue weighted by molar-refractivity contribution is -0.114. The summed E-state index contributed by atoms with van der Waals surface area (Å²) in [5.74, 6) is 2.03. The number of aliphatic imine (C=N–C) groups is 1. The summed E-state index contributed by atoms with van der Waals surface area (Å²) in [5, 5.41) is 9.31. The molecule has 2 aromatic rings. The van der Waals surface area contributed by atoms with Gasteiger partial charge in [-0.1, -0.05) is 24.3 Å². The number of methoxy groups -OCH3 is 1. The number of nitrogens with zero attached hydrogens (tertiary/aromatic N) is 1. The number of ether oxygens (including phenoxy) is 2. The minimum Gasteiger partial charge on any atom is -0.493 e. The average molecular weight is 399 g/mol. The van der Waals surface area contributed by atoms with Crippen molar-refractivity contribution in [2.75, 3.05) is 25.5 Å². The second-order valence-corrected chi connectivity index (χ2v) is 6.54. The van der Waals surface area contributed by atoms with Crippen LogP contribution in [0.25, 0.3) is 0 Å². The molecular weight excluding hydrogens is 368 g/mol. The van der Waals surface area contributed by atoms with Crippen molar-refractivity contribution in [2.45, 2.75) is 33.4 Å². The van der Waals surface area contributed by atoms with Crippen LogP contribution in [0.15, 0.2) is 53.5 Å². The fourth-order valence-corrected chi connectivity index (χ4v) is 2.68. The molecule has 0 saturated heterocycles. The Morgan fingerprint density at radius 2 is 1.86 bits per heavy atom. The van der Waals surface area contributed by atoms with Crippen LogP contribution < -0.4 is 25.4 Å². The summed E-state index contributed by atoms with van der Waals surface area (Å²) in [4.78, 5) is 15.8. The predicted octanol–water partition coefficient (Wildman–Crippen LogP) is 3.18. The van der Waals surface area contributed by atoms with E-state index in [1.807, 2.05) is 62.4 Å². The monoisotopic (exact) mass is 398 g/mol. The Balaban J connectivity index is 1.94. The minimum absolute atomic E-state index is 0.0850. The maximum absolute atomic E-state index is 11.2. The van der Waals surface area contributed by atoms with E-state index in [9.17, 15) is 4.79 Å². The van der Waals surface area contributed by atoms with Gasteiger partial charge in [-0.2, -0.15) is 0 Å². The molecule has 29 heavy (non-hydrogen) atoms. The van der Waals surface area contributed by atoms with Gasteiger partial charge in [0.15, 0.2) is 17.5 Å². The number of hydrogen-bond acceptors (Lipinski definition) is 4. The zero-order chi connectivity index (χ0) is 21.1. The summed E-state index contributed by atoms with van der Waals surface area (Å²) < 4.78 is 11.3. The normalized spacial score (nSPS) is 12.1. The third-order valence-corrected chi connectivity index (χ3v) is 3.97. The van der Waals surface area contributed by atoms with E-state index in [2.05, 4.69) is 20.9 Å². The van der Waals surface area contributed by atoms with Crippen LogP contribution in [0.5, 0.6) is 11.5 Å². The number of guanidine groups is 1. The molecule has 0 bridgehead atoms. The van der Waals surface area contributed by atoms with Gasteiger partial charge >= 0.3 is 0 Å².